The van der Waals surface area contributed by atoms with Gasteiger partial charge in [0.05, 0.1) is 12.1 Å². The summed E-state index contributed by atoms with van der Waals surface area (Å²) < 4.78 is 0. The van der Waals surface area contributed by atoms with Crippen LogP contribution in [0.2, 0.25) is 0 Å². The van der Waals surface area contributed by atoms with E-state index in [1.54, 1.807) is 0 Å². The SMILES string of the molecule is C1=CC2N=C(c3ccc4cc(-c5ccc6c7c(cccc57)C5=CCCC=C56)ccc4c3)N(c3ccccc3)C2C=C1. The van der Waals surface area contributed by atoms with Gasteiger partial charge in [0, 0.05) is 11.3 Å². The second-order valence-electron chi connectivity index (χ2n) is 11.4. The number of rotatable bonds is 3. The van der Waals surface area contributed by atoms with Crippen LogP contribution in [0.25, 0.3) is 43.8 Å². The fourth-order valence-corrected chi connectivity index (χ4v) is 7.23. The Labute approximate surface area is 240 Å². The molecule has 0 saturated carbocycles. The van der Waals surface area contributed by atoms with Crippen molar-refractivity contribution in [3.63, 3.8) is 0 Å². The number of fused-ring (bicyclic) bond motifs is 5. The molecule has 41 heavy (non-hydrogen) atoms. The molecule has 0 radical (unpaired) electrons. The minimum atomic E-state index is 0.132. The Bertz CT molecular complexity index is 2030. The molecule has 4 aliphatic rings. The van der Waals surface area contributed by atoms with Gasteiger partial charge >= 0.3 is 0 Å². The lowest BCUT2D eigenvalue weighted by molar-refractivity contribution is 0.739. The number of benzene rings is 5. The minimum Gasteiger partial charge on any atom is -0.317 e. The highest BCUT2D eigenvalue weighted by molar-refractivity contribution is 6.24. The Balaban J connectivity index is 1.14. The third kappa shape index (κ3) is 3.40. The first-order valence-electron chi connectivity index (χ1n) is 14.6. The molecule has 2 heteroatoms. The summed E-state index contributed by atoms with van der Waals surface area (Å²) >= 11 is 0. The molecule has 0 bridgehead atoms. The van der Waals surface area contributed by atoms with Crippen molar-refractivity contribution in [3.8, 4) is 11.1 Å². The van der Waals surface area contributed by atoms with Gasteiger partial charge in [0.25, 0.3) is 0 Å². The van der Waals surface area contributed by atoms with Gasteiger partial charge in [0.2, 0.25) is 0 Å². The molecule has 5 aromatic carbocycles. The number of hydrogen-bond acceptors (Lipinski definition) is 2. The Kier molecular flexibility index (Phi) is 4.89. The molecular weight excluding hydrogens is 496 g/mol. The quantitative estimate of drug-likeness (QED) is 0.230. The molecule has 0 saturated heterocycles. The number of hydrogen-bond donors (Lipinski definition) is 0. The lowest BCUT2D eigenvalue weighted by Gasteiger charge is -2.29. The van der Waals surface area contributed by atoms with Crippen LogP contribution >= 0.6 is 0 Å². The molecule has 0 aromatic heterocycles. The normalized spacial score (nSPS) is 20.2. The molecule has 2 unspecified atom stereocenters. The Hall–Kier alpha value is -4.95. The van der Waals surface area contributed by atoms with Crippen LogP contribution in [0.5, 0.6) is 0 Å². The highest BCUT2D eigenvalue weighted by atomic mass is 15.3. The summed E-state index contributed by atoms with van der Waals surface area (Å²) in [5, 5.41) is 5.23. The fourth-order valence-electron chi connectivity index (χ4n) is 7.23. The molecule has 2 atom stereocenters. The second kappa shape index (κ2) is 8.78. The molecule has 0 fully saturated rings. The van der Waals surface area contributed by atoms with Crippen LogP contribution in [0.1, 0.15) is 29.5 Å². The van der Waals surface area contributed by atoms with Crippen molar-refractivity contribution in [2.45, 2.75) is 24.9 Å². The highest BCUT2D eigenvalue weighted by Crippen LogP contribution is 2.49. The van der Waals surface area contributed by atoms with Crippen molar-refractivity contribution in [2.75, 3.05) is 4.90 Å². The van der Waals surface area contributed by atoms with Gasteiger partial charge in [-0.25, -0.2) is 0 Å². The molecule has 0 amide bonds. The maximum Gasteiger partial charge on any atom is 0.136 e. The molecule has 1 aliphatic heterocycles. The van der Waals surface area contributed by atoms with E-state index < -0.39 is 0 Å². The maximum atomic E-state index is 5.19. The van der Waals surface area contributed by atoms with E-state index in [0.717, 1.165) is 24.2 Å². The Morgan fingerprint density at radius 1 is 0.610 bits per heavy atom. The number of nitrogens with zero attached hydrogens (tertiary/aromatic N) is 2. The van der Waals surface area contributed by atoms with E-state index in [4.69, 9.17) is 4.99 Å². The van der Waals surface area contributed by atoms with Crippen molar-refractivity contribution in [2.24, 2.45) is 4.99 Å². The molecule has 0 spiro atoms. The molecule has 2 nitrogen and oxygen atoms in total. The summed E-state index contributed by atoms with van der Waals surface area (Å²) in [6, 6.07) is 36.1. The zero-order chi connectivity index (χ0) is 26.9. The lowest BCUT2D eigenvalue weighted by atomic mass is 9.93. The third-order valence-electron chi connectivity index (χ3n) is 9.09. The standard InChI is InChI=1S/C39H28N2/c1-2-9-29(10-3-1)41-37-16-7-6-15-36(37)40-39(41)28-20-18-25-23-27(19-17-26(25)24-28)30-21-22-35-32-12-5-4-11-31(32)34-14-8-13-33(30)38(34)35/h1-3,6-24,36-37H,4-5H2. The van der Waals surface area contributed by atoms with Gasteiger partial charge < -0.3 is 4.90 Å². The summed E-state index contributed by atoms with van der Waals surface area (Å²) in [5.74, 6) is 1.03. The van der Waals surface area contributed by atoms with Gasteiger partial charge in [-0.15, -0.1) is 0 Å². The second-order valence-corrected chi connectivity index (χ2v) is 11.4. The molecule has 3 aliphatic carbocycles. The van der Waals surface area contributed by atoms with Crippen LogP contribution in [0.4, 0.5) is 5.69 Å². The summed E-state index contributed by atoms with van der Waals surface area (Å²) in [4.78, 5) is 7.58. The van der Waals surface area contributed by atoms with E-state index in [2.05, 4.69) is 138 Å². The Morgan fingerprint density at radius 2 is 1.32 bits per heavy atom. The van der Waals surface area contributed by atoms with Crippen molar-refractivity contribution < 1.29 is 0 Å². The van der Waals surface area contributed by atoms with Crippen LogP contribution in [0.3, 0.4) is 0 Å². The van der Waals surface area contributed by atoms with Crippen LogP contribution < -0.4 is 4.90 Å². The van der Waals surface area contributed by atoms with E-state index >= 15 is 0 Å². The predicted octanol–water partition coefficient (Wildman–Crippen LogP) is 9.36. The van der Waals surface area contributed by atoms with Gasteiger partial charge in [-0.3, -0.25) is 4.99 Å². The number of anilines is 1. The van der Waals surface area contributed by atoms with E-state index in [9.17, 15) is 0 Å². The third-order valence-corrected chi connectivity index (χ3v) is 9.09. The first-order valence-corrected chi connectivity index (χ1v) is 14.6. The van der Waals surface area contributed by atoms with Crippen molar-refractivity contribution in [1.29, 1.82) is 0 Å². The smallest absolute Gasteiger partial charge is 0.136 e. The lowest BCUT2D eigenvalue weighted by Crippen LogP contribution is -2.39. The molecule has 194 valence electrons. The molecule has 1 heterocycles. The molecule has 0 N–H and O–H groups in total. The number of aliphatic imine (C=N–C) groups is 1. The van der Waals surface area contributed by atoms with Gasteiger partial charge in [0.1, 0.15) is 5.84 Å². The maximum absolute atomic E-state index is 5.19. The van der Waals surface area contributed by atoms with Crippen LogP contribution in [0.15, 0.2) is 139 Å². The van der Waals surface area contributed by atoms with E-state index in [-0.39, 0.29) is 12.1 Å². The highest BCUT2D eigenvalue weighted by Gasteiger charge is 2.35. The molecule has 5 aromatic rings. The van der Waals surface area contributed by atoms with Crippen LogP contribution in [-0.4, -0.2) is 17.9 Å². The minimum absolute atomic E-state index is 0.132. The molecule has 9 rings (SSSR count). The van der Waals surface area contributed by atoms with Gasteiger partial charge in [-0.2, -0.15) is 0 Å². The zero-order valence-corrected chi connectivity index (χ0v) is 22.7. The van der Waals surface area contributed by atoms with E-state index in [1.165, 1.54) is 60.6 Å². The molecular formula is C39H28N2. The van der Waals surface area contributed by atoms with Gasteiger partial charge in [-0.1, -0.05) is 109 Å². The van der Waals surface area contributed by atoms with Crippen molar-refractivity contribution in [3.05, 3.63) is 150 Å². The summed E-state index contributed by atoms with van der Waals surface area (Å²) in [6.45, 7) is 0. The zero-order valence-electron chi connectivity index (χ0n) is 22.7. The number of amidine groups is 1. The first kappa shape index (κ1) is 22.8. The van der Waals surface area contributed by atoms with Gasteiger partial charge in [-0.05, 0) is 92.1 Å². The monoisotopic (exact) mass is 524 g/mol. The summed E-state index contributed by atoms with van der Waals surface area (Å²) in [6.07, 6.45) is 15.8. The Morgan fingerprint density at radius 3 is 2.15 bits per heavy atom. The van der Waals surface area contributed by atoms with Crippen LogP contribution in [0, 0.1) is 0 Å². The van der Waals surface area contributed by atoms with Crippen molar-refractivity contribution in [1.82, 2.24) is 0 Å². The van der Waals surface area contributed by atoms with E-state index in [0.29, 0.717) is 0 Å². The topological polar surface area (TPSA) is 15.6 Å². The van der Waals surface area contributed by atoms with Crippen LogP contribution in [-0.2, 0) is 0 Å². The fraction of sp³-hybridized carbons (Fsp3) is 0.103. The average molecular weight is 525 g/mol. The number of allylic oxidation sites excluding steroid dienone is 6. The summed E-state index contributed by atoms with van der Waals surface area (Å²) in [7, 11) is 0. The van der Waals surface area contributed by atoms with Crippen molar-refractivity contribution >= 4 is 44.2 Å². The average Bonchev–Trinajstić information content (AvgIpc) is 3.59. The van der Waals surface area contributed by atoms with Gasteiger partial charge in [0.15, 0.2) is 0 Å². The summed E-state index contributed by atoms with van der Waals surface area (Å²) in [5.41, 5.74) is 10.5. The largest absolute Gasteiger partial charge is 0.317 e. The predicted molar refractivity (Wildman–Crippen MR) is 173 cm³/mol. The van der Waals surface area contributed by atoms with E-state index in [1.807, 2.05) is 0 Å². The number of para-hydroxylation sites is 1. The first-order chi connectivity index (χ1) is 20.3.